The fraction of sp³-hybridized carbons (Fsp3) is 0.200. The lowest BCUT2D eigenvalue weighted by Gasteiger charge is -2.15. The van der Waals surface area contributed by atoms with Crippen molar-refractivity contribution >= 4 is 34.3 Å². The van der Waals surface area contributed by atoms with Crippen LogP contribution in [-0.2, 0) is 19.6 Å². The van der Waals surface area contributed by atoms with Gasteiger partial charge < -0.3 is 19.4 Å². The Morgan fingerprint density at radius 3 is 2.70 bits per heavy atom. The summed E-state index contributed by atoms with van der Waals surface area (Å²) in [6.07, 6.45) is 3.78. The highest BCUT2D eigenvalue weighted by Crippen LogP contribution is 2.37. The van der Waals surface area contributed by atoms with Crippen LogP contribution in [-0.4, -0.2) is 22.6 Å². The lowest BCUT2D eigenvalue weighted by Crippen LogP contribution is -2.28. The summed E-state index contributed by atoms with van der Waals surface area (Å²) in [5.74, 6) is 1.27. The molecule has 4 aromatic rings. The number of fused-ring (bicyclic) bond motifs is 2. The van der Waals surface area contributed by atoms with Crippen LogP contribution in [0.4, 0.5) is 0 Å². The minimum absolute atomic E-state index is 0.0528. The van der Waals surface area contributed by atoms with E-state index in [9.17, 15) is 4.79 Å². The molecular formula is C25H22ClN3O3S. The Kier molecular flexibility index (Phi) is 6.26. The predicted octanol–water partition coefficient (Wildman–Crippen LogP) is 4.84. The van der Waals surface area contributed by atoms with Crippen molar-refractivity contribution in [3.05, 3.63) is 93.0 Å². The molecule has 0 saturated carbocycles. The third kappa shape index (κ3) is 4.57. The molecule has 0 saturated heterocycles. The molecule has 0 radical (unpaired) electrons. The van der Waals surface area contributed by atoms with Crippen molar-refractivity contribution in [2.75, 3.05) is 13.0 Å². The van der Waals surface area contributed by atoms with Gasteiger partial charge in [-0.3, -0.25) is 9.78 Å². The van der Waals surface area contributed by atoms with E-state index in [4.69, 9.17) is 21.1 Å². The molecule has 168 valence electrons. The van der Waals surface area contributed by atoms with Gasteiger partial charge in [0.2, 0.25) is 6.79 Å². The van der Waals surface area contributed by atoms with Crippen LogP contribution >= 0.6 is 23.4 Å². The number of nitrogens with zero attached hydrogens (tertiary/aromatic N) is 2. The smallest absolute Gasteiger partial charge is 0.255 e. The zero-order chi connectivity index (χ0) is 22.8. The average Bonchev–Trinajstić information content (AvgIpc) is 3.29. The molecule has 1 N–H and O–H groups in total. The maximum absolute atomic E-state index is 13.6. The van der Waals surface area contributed by atoms with Gasteiger partial charge in [0, 0.05) is 40.8 Å². The minimum Gasteiger partial charge on any atom is -0.454 e. The molecule has 1 aliphatic rings. The molecule has 2 aromatic carbocycles. The van der Waals surface area contributed by atoms with Gasteiger partial charge in [-0.15, -0.1) is 11.8 Å². The first-order valence-corrected chi connectivity index (χ1v) is 12.1. The first kappa shape index (κ1) is 21.8. The Hall–Kier alpha value is -3.00. The minimum atomic E-state index is -0.0528. The first-order valence-electron chi connectivity index (χ1n) is 10.5. The summed E-state index contributed by atoms with van der Waals surface area (Å²) in [7, 11) is 0. The molecule has 0 aliphatic carbocycles. The van der Waals surface area contributed by atoms with E-state index in [-0.39, 0.29) is 12.4 Å². The molecule has 0 atom stereocenters. The van der Waals surface area contributed by atoms with Gasteiger partial charge in [0.05, 0.1) is 17.8 Å². The molecule has 5 rings (SSSR count). The van der Waals surface area contributed by atoms with E-state index in [0.717, 1.165) is 27.1 Å². The molecule has 0 spiro atoms. The fourth-order valence-electron chi connectivity index (χ4n) is 3.90. The van der Waals surface area contributed by atoms with Crippen molar-refractivity contribution in [3.63, 3.8) is 0 Å². The third-order valence-corrected chi connectivity index (χ3v) is 6.67. The van der Waals surface area contributed by atoms with Crippen LogP contribution in [0, 0.1) is 0 Å². The second-order valence-electron chi connectivity index (χ2n) is 7.71. The molecule has 6 nitrogen and oxygen atoms in total. The summed E-state index contributed by atoms with van der Waals surface area (Å²) in [5, 5.41) is 4.88. The van der Waals surface area contributed by atoms with Gasteiger partial charge in [-0.2, -0.15) is 0 Å². The molecule has 0 bridgehead atoms. The van der Waals surface area contributed by atoms with Gasteiger partial charge in [0.15, 0.2) is 11.5 Å². The van der Waals surface area contributed by atoms with Gasteiger partial charge >= 0.3 is 0 Å². The van der Waals surface area contributed by atoms with Gasteiger partial charge in [0.25, 0.3) is 5.56 Å². The van der Waals surface area contributed by atoms with Gasteiger partial charge in [-0.05, 0) is 53.6 Å². The molecule has 0 unspecified atom stereocenters. The topological polar surface area (TPSA) is 65.4 Å². The monoisotopic (exact) mass is 479 g/mol. The van der Waals surface area contributed by atoms with Crippen molar-refractivity contribution in [3.8, 4) is 11.5 Å². The fourth-order valence-corrected chi connectivity index (χ4v) is 4.55. The van der Waals surface area contributed by atoms with E-state index in [1.807, 2.05) is 42.7 Å². The quantitative estimate of drug-likeness (QED) is 0.383. The summed E-state index contributed by atoms with van der Waals surface area (Å²) >= 11 is 8.18. The van der Waals surface area contributed by atoms with Crippen LogP contribution in [0.25, 0.3) is 10.9 Å². The third-order valence-electron chi connectivity index (χ3n) is 5.60. The number of hydrogen-bond acceptors (Lipinski definition) is 6. The van der Waals surface area contributed by atoms with Crippen molar-refractivity contribution < 1.29 is 9.47 Å². The van der Waals surface area contributed by atoms with Crippen LogP contribution in [0.15, 0.2) is 70.5 Å². The molecule has 3 heterocycles. The Labute approximate surface area is 200 Å². The molecule has 1 aliphatic heterocycles. The van der Waals surface area contributed by atoms with Crippen LogP contribution in [0.1, 0.15) is 16.8 Å². The summed E-state index contributed by atoms with van der Waals surface area (Å²) in [4.78, 5) is 19.0. The normalized spacial score (nSPS) is 12.4. The second kappa shape index (κ2) is 9.47. The summed E-state index contributed by atoms with van der Waals surface area (Å²) in [6, 6.07) is 17.5. The zero-order valence-corrected chi connectivity index (χ0v) is 19.6. The average molecular weight is 480 g/mol. The summed E-state index contributed by atoms with van der Waals surface area (Å²) < 4.78 is 12.7. The van der Waals surface area contributed by atoms with E-state index in [0.29, 0.717) is 41.7 Å². The number of pyridine rings is 2. The van der Waals surface area contributed by atoms with Crippen molar-refractivity contribution in [1.29, 1.82) is 0 Å². The lowest BCUT2D eigenvalue weighted by atomic mass is 10.1. The van der Waals surface area contributed by atoms with E-state index < -0.39 is 0 Å². The zero-order valence-electron chi connectivity index (χ0n) is 18.0. The maximum atomic E-state index is 13.6. The number of hydrogen-bond donors (Lipinski definition) is 1. The molecular weight excluding hydrogens is 458 g/mol. The van der Waals surface area contributed by atoms with E-state index >= 15 is 0 Å². The highest BCUT2D eigenvalue weighted by molar-refractivity contribution is 7.98. The highest BCUT2D eigenvalue weighted by atomic mass is 35.5. The number of ether oxygens (including phenoxy) is 2. The van der Waals surface area contributed by atoms with Crippen LogP contribution in [0.5, 0.6) is 11.5 Å². The summed E-state index contributed by atoms with van der Waals surface area (Å²) in [5.41, 5.74) is 3.23. The molecule has 33 heavy (non-hydrogen) atoms. The predicted molar refractivity (Wildman–Crippen MR) is 131 cm³/mol. The second-order valence-corrected chi connectivity index (χ2v) is 8.99. The first-order chi connectivity index (χ1) is 16.1. The van der Waals surface area contributed by atoms with Gasteiger partial charge in [-0.25, -0.2) is 0 Å². The number of nitrogens with one attached hydrogen (secondary N) is 1. The number of halogens is 1. The highest BCUT2D eigenvalue weighted by Gasteiger charge is 2.18. The lowest BCUT2D eigenvalue weighted by molar-refractivity contribution is 0.174. The number of rotatable bonds is 7. The van der Waals surface area contributed by atoms with Gasteiger partial charge in [0.1, 0.15) is 0 Å². The van der Waals surface area contributed by atoms with Crippen molar-refractivity contribution in [2.24, 2.45) is 0 Å². The van der Waals surface area contributed by atoms with E-state index in [1.165, 1.54) is 0 Å². The maximum Gasteiger partial charge on any atom is 0.255 e. The van der Waals surface area contributed by atoms with Crippen LogP contribution < -0.4 is 20.3 Å². The SMILES string of the molecule is CSc1ccc2cc(CNCc3ccccn3)c(=O)n(Cc3cc4c(cc3Cl)OCO4)c2c1. The Balaban J connectivity index is 1.52. The van der Waals surface area contributed by atoms with Crippen LogP contribution in [0.2, 0.25) is 5.02 Å². The largest absolute Gasteiger partial charge is 0.454 e. The van der Waals surface area contributed by atoms with Crippen molar-refractivity contribution in [2.45, 2.75) is 24.5 Å². The standard InChI is InChI=1S/C25H22ClN3O3S/c1-33-20-6-5-16-8-17(12-27-13-19-4-2-3-7-28-19)25(30)29(22(16)10-20)14-18-9-23-24(11-21(18)26)32-15-31-23/h2-11,27H,12-15H2,1H3. The van der Waals surface area contributed by atoms with E-state index in [2.05, 4.69) is 22.4 Å². The molecule has 8 heteroatoms. The van der Waals surface area contributed by atoms with E-state index in [1.54, 1.807) is 28.6 Å². The van der Waals surface area contributed by atoms with Crippen LogP contribution in [0.3, 0.4) is 0 Å². The number of benzene rings is 2. The molecule has 0 fully saturated rings. The Bertz CT molecular complexity index is 1380. The summed E-state index contributed by atoms with van der Waals surface area (Å²) in [6.45, 7) is 1.52. The number of aromatic nitrogens is 2. The molecule has 2 aromatic heterocycles. The Morgan fingerprint density at radius 2 is 1.91 bits per heavy atom. The molecule has 0 amide bonds. The number of thioether (sulfide) groups is 1. The Morgan fingerprint density at radius 1 is 1.06 bits per heavy atom. The van der Waals surface area contributed by atoms with Gasteiger partial charge in [-0.1, -0.05) is 23.7 Å². The van der Waals surface area contributed by atoms with Crippen molar-refractivity contribution in [1.82, 2.24) is 14.9 Å².